The lowest BCUT2D eigenvalue weighted by Gasteiger charge is -2.26. The topological polar surface area (TPSA) is 18.6 Å². The molecule has 1 aromatic rings. The highest BCUT2D eigenvalue weighted by molar-refractivity contribution is 6.17. The Kier molecular flexibility index (Phi) is 8.78. The minimum Gasteiger partial charge on any atom is -0.374 e. The molecule has 0 heterocycles. The summed E-state index contributed by atoms with van der Waals surface area (Å²) in [6.07, 6.45) is 10.9. The Morgan fingerprint density at radius 1 is 0.806 bits per heavy atom. The van der Waals surface area contributed by atoms with E-state index < -0.39 is 0 Å². The van der Waals surface area contributed by atoms with Gasteiger partial charge >= 0.3 is 0 Å². The molecule has 0 atom stereocenters. The molecule has 2 rings (SSSR count). The first-order valence-electron chi connectivity index (χ1n) is 11.4. The maximum Gasteiger partial charge on any atom is 0.199 e. The first-order valence-corrected chi connectivity index (χ1v) is 11.4. The smallest absolute Gasteiger partial charge is 0.199 e. The third-order valence-corrected chi connectivity index (χ3v) is 5.48. The molecule has 31 heavy (non-hydrogen) atoms. The lowest BCUT2D eigenvalue weighted by Crippen LogP contribution is -2.37. The van der Waals surface area contributed by atoms with Gasteiger partial charge < -0.3 is 13.9 Å². The van der Waals surface area contributed by atoms with Crippen molar-refractivity contribution in [1.29, 1.82) is 0 Å². The maximum absolute atomic E-state index is 4.79. The zero-order valence-corrected chi connectivity index (χ0v) is 21.1. The minimum atomic E-state index is 0.993. The van der Waals surface area contributed by atoms with Gasteiger partial charge in [0.05, 0.1) is 73.2 Å². The van der Waals surface area contributed by atoms with Crippen LogP contribution in [0, 0.1) is 0 Å². The quantitative estimate of drug-likeness (QED) is 0.318. The molecule has 5 heteroatoms. The molecule has 1 aliphatic rings. The number of hydrogen-bond donors (Lipinski definition) is 0. The van der Waals surface area contributed by atoms with Crippen molar-refractivity contribution < 1.29 is 13.5 Å². The van der Waals surface area contributed by atoms with E-state index in [2.05, 4.69) is 114 Å². The third-order valence-electron chi connectivity index (χ3n) is 5.48. The molecule has 0 amide bonds. The van der Waals surface area contributed by atoms with E-state index in [0.29, 0.717) is 0 Å². The average Bonchev–Trinajstić information content (AvgIpc) is 2.67. The fourth-order valence-electron chi connectivity index (χ4n) is 3.54. The molecule has 0 N–H and O–H groups in total. The fourth-order valence-corrected chi connectivity index (χ4v) is 3.54. The number of aliphatic imine (C=N–C) groups is 1. The molecule has 0 unspecified atom stereocenters. The van der Waals surface area contributed by atoms with E-state index in [4.69, 9.17) is 4.99 Å². The molecule has 0 spiro atoms. The van der Waals surface area contributed by atoms with E-state index >= 15 is 0 Å². The van der Waals surface area contributed by atoms with Gasteiger partial charge in [0.25, 0.3) is 0 Å². The summed E-state index contributed by atoms with van der Waals surface area (Å²) in [5.41, 5.74) is 4.47. The lowest BCUT2D eigenvalue weighted by molar-refractivity contribution is -0.871. The van der Waals surface area contributed by atoms with Crippen LogP contribution in [0.1, 0.15) is 12.8 Å². The number of quaternary nitrogens is 2. The second-order valence-electron chi connectivity index (χ2n) is 10.7. The van der Waals surface area contributed by atoms with E-state index in [1.807, 2.05) is 0 Å². The summed E-state index contributed by atoms with van der Waals surface area (Å²) in [6, 6.07) is 8.55. The summed E-state index contributed by atoms with van der Waals surface area (Å²) in [4.78, 5) is 7.11. The third kappa shape index (κ3) is 9.62. The van der Waals surface area contributed by atoms with Crippen LogP contribution in [0.5, 0.6) is 0 Å². The highest BCUT2D eigenvalue weighted by Gasteiger charge is 2.12. The normalized spacial score (nSPS) is 14.2. The minimum absolute atomic E-state index is 0.993. The molecular formula is C26H44N5+3. The summed E-state index contributed by atoms with van der Waals surface area (Å²) in [5, 5.41) is 0. The molecular weight excluding hydrogens is 382 g/mol. The van der Waals surface area contributed by atoms with Crippen molar-refractivity contribution in [2.75, 3.05) is 87.5 Å². The summed E-state index contributed by atoms with van der Waals surface area (Å²) in [5.74, 6) is 0. The molecule has 5 nitrogen and oxygen atoms in total. The Morgan fingerprint density at radius 3 is 1.90 bits per heavy atom. The molecule has 0 fully saturated rings. The highest BCUT2D eigenvalue weighted by Crippen LogP contribution is 2.20. The molecule has 0 aromatic heterocycles. The van der Waals surface area contributed by atoms with Crippen LogP contribution < -0.4 is 4.90 Å². The van der Waals surface area contributed by atoms with E-state index in [9.17, 15) is 0 Å². The van der Waals surface area contributed by atoms with E-state index in [1.165, 1.54) is 37.3 Å². The number of nitrogens with zero attached hydrogens (tertiary/aromatic N) is 5. The maximum atomic E-state index is 4.79. The predicted octanol–water partition coefficient (Wildman–Crippen LogP) is 3.60. The van der Waals surface area contributed by atoms with Crippen LogP contribution in [0.4, 0.5) is 11.4 Å². The number of rotatable bonds is 10. The van der Waals surface area contributed by atoms with Crippen molar-refractivity contribution in [1.82, 2.24) is 0 Å². The first-order chi connectivity index (χ1) is 14.4. The summed E-state index contributed by atoms with van der Waals surface area (Å²) < 4.78 is 4.34. The van der Waals surface area contributed by atoms with Crippen LogP contribution in [0.25, 0.3) is 0 Å². The SMILES string of the molecule is CN(CCC[N+](C)(C)C)c1ccc(N=C2C=CC(=[N+](C)CCC[N+](C)(C)C)C=C2)cc1. The lowest BCUT2D eigenvalue weighted by atomic mass is 10.1. The number of benzene rings is 1. The number of allylic oxidation sites excluding steroid dienone is 4. The first kappa shape index (κ1) is 25.0. The highest BCUT2D eigenvalue weighted by atomic mass is 15.3. The summed E-state index contributed by atoms with van der Waals surface area (Å²) in [7, 11) is 17.8. The number of anilines is 1. The van der Waals surface area contributed by atoms with E-state index in [0.717, 1.165) is 33.5 Å². The molecule has 170 valence electrons. The van der Waals surface area contributed by atoms with Gasteiger partial charge in [-0.25, -0.2) is 9.57 Å². The standard InChI is InChI=1S/C26H44N5/c1-28(19-9-21-30(3,4)5)25-15-11-23(12-16-25)27-24-13-17-26(18-14-24)29(2)20-10-22-31(6,7)8/h11-18H,9-10,19-22H2,1-8H3/q+3. The van der Waals surface area contributed by atoms with Gasteiger partial charge in [0.1, 0.15) is 13.6 Å². The molecule has 0 aliphatic heterocycles. The van der Waals surface area contributed by atoms with Gasteiger partial charge in [-0.05, 0) is 36.4 Å². The molecule has 0 saturated heterocycles. The van der Waals surface area contributed by atoms with E-state index in [1.54, 1.807) is 0 Å². The zero-order valence-electron chi connectivity index (χ0n) is 21.1. The van der Waals surface area contributed by atoms with Gasteiger partial charge in [0, 0.05) is 37.9 Å². The van der Waals surface area contributed by atoms with Crippen LogP contribution >= 0.6 is 0 Å². The van der Waals surface area contributed by atoms with Crippen LogP contribution in [0.2, 0.25) is 0 Å². The Bertz CT molecular complexity index is 812. The monoisotopic (exact) mass is 426 g/mol. The van der Waals surface area contributed by atoms with Gasteiger partial charge in [0.2, 0.25) is 0 Å². The molecule has 0 bridgehead atoms. The van der Waals surface area contributed by atoms with Gasteiger partial charge in [-0.3, -0.25) is 0 Å². The second-order valence-corrected chi connectivity index (χ2v) is 10.7. The fraction of sp³-hybridized carbons (Fsp3) is 0.538. The van der Waals surface area contributed by atoms with E-state index in [-0.39, 0.29) is 0 Å². The Labute approximate surface area is 190 Å². The molecule has 0 radical (unpaired) electrons. The van der Waals surface area contributed by atoms with Gasteiger partial charge in [-0.15, -0.1) is 0 Å². The largest absolute Gasteiger partial charge is 0.374 e. The summed E-state index contributed by atoms with van der Waals surface area (Å²) >= 11 is 0. The van der Waals surface area contributed by atoms with Gasteiger partial charge in [-0.2, -0.15) is 0 Å². The van der Waals surface area contributed by atoms with Gasteiger partial charge in [0.15, 0.2) is 5.71 Å². The summed E-state index contributed by atoms with van der Waals surface area (Å²) in [6.45, 7) is 4.49. The Hall–Kier alpha value is -2.24. The van der Waals surface area contributed by atoms with Crippen LogP contribution in [0.3, 0.4) is 0 Å². The van der Waals surface area contributed by atoms with Crippen LogP contribution in [-0.2, 0) is 0 Å². The van der Waals surface area contributed by atoms with Crippen molar-refractivity contribution in [3.05, 3.63) is 48.6 Å². The Morgan fingerprint density at radius 2 is 1.35 bits per heavy atom. The predicted molar refractivity (Wildman–Crippen MR) is 136 cm³/mol. The molecule has 1 aliphatic carbocycles. The Balaban J connectivity index is 1.91. The second kappa shape index (κ2) is 10.9. The van der Waals surface area contributed by atoms with Crippen molar-refractivity contribution in [3.8, 4) is 0 Å². The van der Waals surface area contributed by atoms with Crippen molar-refractivity contribution >= 4 is 22.8 Å². The van der Waals surface area contributed by atoms with Crippen LogP contribution in [0.15, 0.2) is 53.6 Å². The molecule has 1 aromatic carbocycles. The average molecular weight is 427 g/mol. The number of hydrogen-bond acceptors (Lipinski definition) is 2. The van der Waals surface area contributed by atoms with Crippen molar-refractivity contribution in [2.45, 2.75) is 12.8 Å². The zero-order chi connectivity index (χ0) is 23.1. The van der Waals surface area contributed by atoms with Crippen LogP contribution in [-0.4, -0.2) is 108 Å². The van der Waals surface area contributed by atoms with Crippen molar-refractivity contribution in [3.63, 3.8) is 0 Å². The molecule has 0 saturated carbocycles. The van der Waals surface area contributed by atoms with Gasteiger partial charge in [-0.1, -0.05) is 0 Å². The van der Waals surface area contributed by atoms with Crippen molar-refractivity contribution in [2.24, 2.45) is 4.99 Å².